The van der Waals surface area contributed by atoms with Crippen LogP contribution in [0.5, 0.6) is 0 Å². The van der Waals surface area contributed by atoms with Crippen molar-refractivity contribution in [2.24, 2.45) is 0 Å². The summed E-state index contributed by atoms with van der Waals surface area (Å²) in [5.74, 6) is -0.644. The van der Waals surface area contributed by atoms with Gasteiger partial charge in [0.25, 0.3) is 0 Å². The highest BCUT2D eigenvalue weighted by Gasteiger charge is 2.19. The third kappa shape index (κ3) is 5.77. The van der Waals surface area contributed by atoms with E-state index in [0.717, 1.165) is 6.54 Å². The van der Waals surface area contributed by atoms with E-state index in [1.807, 2.05) is 25.1 Å². The highest BCUT2D eigenvalue weighted by molar-refractivity contribution is 5.98. The number of aromatic amines is 2. The summed E-state index contributed by atoms with van der Waals surface area (Å²) in [4.78, 5) is 30.5. The molecular formula is C31H29F2N9O. The first-order chi connectivity index (χ1) is 20.8. The predicted molar refractivity (Wildman–Crippen MR) is 164 cm³/mol. The number of rotatable bonds is 9. The standard InChI is InChI=1S/C31H29F2N9O/c1-4-26(43)37-22-11-19(15-34-16-22)17-12-24-27(25(33)13-17)40-41-29(24)31-38-28-23(5-6-36-30(28)39-31)18-9-20(32)14-21(10-18)35-7-8-42(2)3/h5-6,9-16,35H,4,7-8H2,1-3H3,(H,37,43)(H,40,41)(H,36,38,39). The molecule has 218 valence electrons. The Balaban J connectivity index is 1.39. The number of nitrogens with zero attached hydrogens (tertiary/aromatic N) is 5. The number of hydrogen-bond donors (Lipinski definition) is 4. The number of H-pyrrole nitrogens is 2. The lowest BCUT2D eigenvalue weighted by molar-refractivity contribution is -0.115. The maximum atomic E-state index is 15.3. The number of halogens is 2. The van der Waals surface area contributed by atoms with Crippen LogP contribution in [0.15, 0.2) is 61.1 Å². The van der Waals surface area contributed by atoms with E-state index in [2.05, 4.69) is 40.8 Å². The van der Waals surface area contributed by atoms with Gasteiger partial charge >= 0.3 is 0 Å². The van der Waals surface area contributed by atoms with Crippen molar-refractivity contribution in [3.63, 3.8) is 0 Å². The van der Waals surface area contributed by atoms with Crippen LogP contribution in [0, 0.1) is 11.6 Å². The number of anilines is 2. The molecule has 1 amide bonds. The second-order valence-electron chi connectivity index (χ2n) is 10.4. The molecule has 12 heteroatoms. The summed E-state index contributed by atoms with van der Waals surface area (Å²) in [5.41, 5.74) is 5.36. The topological polar surface area (TPSA) is 128 Å². The fourth-order valence-electron chi connectivity index (χ4n) is 4.88. The van der Waals surface area contributed by atoms with Gasteiger partial charge in [-0.15, -0.1) is 0 Å². The fraction of sp³-hybridized carbons (Fsp3) is 0.194. The van der Waals surface area contributed by atoms with Gasteiger partial charge in [-0.05, 0) is 67.7 Å². The lowest BCUT2D eigenvalue weighted by Gasteiger charge is -2.13. The van der Waals surface area contributed by atoms with E-state index in [9.17, 15) is 9.18 Å². The number of likely N-dealkylation sites (N-methyl/N-ethyl adjacent to an activating group) is 1. The molecule has 0 fully saturated rings. The van der Waals surface area contributed by atoms with Gasteiger partial charge in [-0.3, -0.25) is 14.9 Å². The van der Waals surface area contributed by atoms with Crippen LogP contribution in [0.25, 0.3) is 55.8 Å². The minimum Gasteiger partial charge on any atom is -0.384 e. The summed E-state index contributed by atoms with van der Waals surface area (Å²) < 4.78 is 29.9. The summed E-state index contributed by atoms with van der Waals surface area (Å²) in [5, 5.41) is 13.6. The zero-order valence-electron chi connectivity index (χ0n) is 23.8. The van der Waals surface area contributed by atoms with Crippen LogP contribution in [0.1, 0.15) is 13.3 Å². The number of benzene rings is 2. The third-order valence-electron chi connectivity index (χ3n) is 7.01. The van der Waals surface area contributed by atoms with Crippen molar-refractivity contribution in [2.75, 3.05) is 37.8 Å². The number of hydrogen-bond acceptors (Lipinski definition) is 7. The van der Waals surface area contributed by atoms with Gasteiger partial charge < -0.3 is 20.5 Å². The summed E-state index contributed by atoms with van der Waals surface area (Å²) >= 11 is 0. The fourth-order valence-corrected chi connectivity index (χ4v) is 4.88. The van der Waals surface area contributed by atoms with Crippen molar-refractivity contribution in [3.8, 4) is 33.8 Å². The van der Waals surface area contributed by atoms with Crippen molar-refractivity contribution < 1.29 is 13.6 Å². The van der Waals surface area contributed by atoms with Gasteiger partial charge in [0.15, 0.2) is 17.3 Å². The van der Waals surface area contributed by atoms with Crippen molar-refractivity contribution >= 4 is 39.3 Å². The van der Waals surface area contributed by atoms with Crippen LogP contribution >= 0.6 is 0 Å². The van der Waals surface area contributed by atoms with E-state index in [0.29, 0.717) is 74.7 Å². The van der Waals surface area contributed by atoms with Crippen molar-refractivity contribution in [1.82, 2.24) is 35.0 Å². The van der Waals surface area contributed by atoms with E-state index in [4.69, 9.17) is 0 Å². The number of imidazole rings is 1. The molecule has 0 aliphatic heterocycles. The van der Waals surface area contributed by atoms with Gasteiger partial charge in [0.05, 0.1) is 17.4 Å². The van der Waals surface area contributed by atoms with E-state index in [-0.39, 0.29) is 17.2 Å². The normalized spacial score (nSPS) is 11.5. The number of carbonyl (C=O) groups is 1. The molecule has 4 heterocycles. The van der Waals surface area contributed by atoms with Gasteiger partial charge in [-0.1, -0.05) is 6.92 Å². The second-order valence-corrected chi connectivity index (χ2v) is 10.4. The Morgan fingerprint density at radius 1 is 1.00 bits per heavy atom. The predicted octanol–water partition coefficient (Wildman–Crippen LogP) is 5.83. The molecule has 0 aliphatic rings. The molecule has 0 bridgehead atoms. The molecule has 4 aromatic heterocycles. The lowest BCUT2D eigenvalue weighted by atomic mass is 10.0. The molecule has 6 rings (SSSR count). The average molecular weight is 582 g/mol. The Kier molecular flexibility index (Phi) is 7.51. The number of fused-ring (bicyclic) bond motifs is 2. The Bertz CT molecular complexity index is 1960. The van der Waals surface area contributed by atoms with Gasteiger partial charge in [-0.25, -0.2) is 18.7 Å². The Hall–Kier alpha value is -5.23. The minimum atomic E-state index is -0.526. The highest BCUT2D eigenvalue weighted by atomic mass is 19.1. The van der Waals surface area contributed by atoms with Crippen molar-refractivity contribution in [2.45, 2.75) is 13.3 Å². The van der Waals surface area contributed by atoms with Crippen LogP contribution in [0.4, 0.5) is 20.2 Å². The van der Waals surface area contributed by atoms with E-state index in [1.54, 1.807) is 37.5 Å². The first-order valence-electron chi connectivity index (χ1n) is 13.8. The number of pyridine rings is 2. The van der Waals surface area contributed by atoms with Gasteiger partial charge in [0.1, 0.15) is 17.0 Å². The number of nitrogens with one attached hydrogen (secondary N) is 4. The molecule has 43 heavy (non-hydrogen) atoms. The van der Waals surface area contributed by atoms with Gasteiger partial charge in [0.2, 0.25) is 5.91 Å². The van der Waals surface area contributed by atoms with Gasteiger partial charge in [0, 0.05) is 54.1 Å². The molecule has 10 nitrogen and oxygen atoms in total. The first-order valence-corrected chi connectivity index (χ1v) is 13.8. The molecule has 0 aliphatic carbocycles. The minimum absolute atomic E-state index is 0.148. The molecular weight excluding hydrogens is 552 g/mol. The maximum Gasteiger partial charge on any atom is 0.224 e. The van der Waals surface area contributed by atoms with Crippen LogP contribution in [0.2, 0.25) is 0 Å². The summed E-state index contributed by atoms with van der Waals surface area (Å²) in [7, 11) is 3.95. The van der Waals surface area contributed by atoms with E-state index < -0.39 is 5.82 Å². The maximum absolute atomic E-state index is 15.3. The monoisotopic (exact) mass is 581 g/mol. The first kappa shape index (κ1) is 27.9. The molecule has 2 aromatic carbocycles. The smallest absolute Gasteiger partial charge is 0.224 e. The quantitative estimate of drug-likeness (QED) is 0.169. The average Bonchev–Trinajstić information content (AvgIpc) is 3.61. The van der Waals surface area contributed by atoms with Gasteiger partial charge in [-0.2, -0.15) is 5.10 Å². The number of aromatic nitrogens is 6. The van der Waals surface area contributed by atoms with Crippen LogP contribution in [-0.2, 0) is 4.79 Å². The van der Waals surface area contributed by atoms with E-state index >= 15 is 4.39 Å². The SMILES string of the molecule is CCC(=O)Nc1cncc(-c2cc(F)c3n[nH]c(-c4nc5nccc(-c6cc(F)cc(NCCN(C)C)c6)c5[nH]4)c3c2)c1. The Morgan fingerprint density at radius 3 is 2.65 bits per heavy atom. The summed E-state index contributed by atoms with van der Waals surface area (Å²) in [6.07, 6.45) is 5.08. The second kappa shape index (κ2) is 11.6. The zero-order valence-corrected chi connectivity index (χ0v) is 23.8. The number of carbonyl (C=O) groups excluding carboxylic acids is 1. The Morgan fingerprint density at radius 2 is 1.84 bits per heavy atom. The summed E-state index contributed by atoms with van der Waals surface area (Å²) in [6, 6.07) is 11.5. The third-order valence-corrected chi connectivity index (χ3v) is 7.01. The van der Waals surface area contributed by atoms with Crippen LogP contribution in [-0.4, -0.2) is 68.1 Å². The molecule has 4 N–H and O–H groups in total. The molecule has 0 saturated heterocycles. The number of amides is 1. The molecule has 0 unspecified atom stereocenters. The van der Waals surface area contributed by atoms with Crippen LogP contribution in [0.3, 0.4) is 0 Å². The molecule has 6 aromatic rings. The molecule has 0 radical (unpaired) electrons. The zero-order chi connectivity index (χ0) is 30.1. The van der Waals surface area contributed by atoms with Crippen molar-refractivity contribution in [1.29, 1.82) is 0 Å². The Labute approximate surface area is 245 Å². The molecule has 0 atom stereocenters. The largest absolute Gasteiger partial charge is 0.384 e. The molecule has 0 saturated carbocycles. The summed E-state index contributed by atoms with van der Waals surface area (Å²) in [6.45, 7) is 3.22. The highest BCUT2D eigenvalue weighted by Crippen LogP contribution is 2.35. The van der Waals surface area contributed by atoms with E-state index in [1.165, 1.54) is 24.4 Å². The molecule has 0 spiro atoms. The van der Waals surface area contributed by atoms with Crippen molar-refractivity contribution in [3.05, 3.63) is 72.7 Å². The van der Waals surface area contributed by atoms with Crippen LogP contribution < -0.4 is 10.6 Å². The lowest BCUT2D eigenvalue weighted by Crippen LogP contribution is -2.20.